The largest absolute Gasteiger partial charge is 0.376 e. The summed E-state index contributed by atoms with van der Waals surface area (Å²) in [6.45, 7) is 6.01. The summed E-state index contributed by atoms with van der Waals surface area (Å²) in [5.41, 5.74) is 0. The monoisotopic (exact) mass is 361 g/mol. The maximum atomic E-state index is 11.2. The van der Waals surface area contributed by atoms with Gasteiger partial charge in [0.1, 0.15) is 9.84 Å². The fourth-order valence-corrected chi connectivity index (χ4v) is 3.58. The van der Waals surface area contributed by atoms with Gasteiger partial charge in [0.15, 0.2) is 5.96 Å². The van der Waals surface area contributed by atoms with E-state index in [0.717, 1.165) is 12.5 Å². The minimum atomic E-state index is -2.92. The smallest absolute Gasteiger partial charge is 0.191 e. The molecule has 7 heteroatoms. The number of hydrogen-bond donors (Lipinski definition) is 2. The van der Waals surface area contributed by atoms with Crippen molar-refractivity contribution in [2.75, 3.05) is 31.7 Å². The normalized spacial score (nSPS) is 18.9. The first-order chi connectivity index (χ1) is 11.4. The zero-order valence-corrected chi connectivity index (χ0v) is 16.3. The van der Waals surface area contributed by atoms with Gasteiger partial charge in [-0.15, -0.1) is 0 Å². The van der Waals surface area contributed by atoms with Gasteiger partial charge in [-0.25, -0.2) is 8.42 Å². The lowest BCUT2D eigenvalue weighted by Crippen LogP contribution is -2.43. The molecule has 6 nitrogen and oxygen atoms in total. The quantitative estimate of drug-likeness (QED) is 0.285. The van der Waals surface area contributed by atoms with E-state index in [0.29, 0.717) is 25.7 Å². The van der Waals surface area contributed by atoms with Gasteiger partial charge in [0.25, 0.3) is 0 Å². The van der Waals surface area contributed by atoms with Crippen molar-refractivity contribution >= 4 is 15.8 Å². The lowest BCUT2D eigenvalue weighted by Gasteiger charge is -2.18. The number of hydrogen-bond acceptors (Lipinski definition) is 4. The molecule has 0 spiro atoms. The maximum Gasteiger partial charge on any atom is 0.191 e. The third-order valence-electron chi connectivity index (χ3n) is 4.17. The Labute approximate surface area is 147 Å². The van der Waals surface area contributed by atoms with Gasteiger partial charge in [0.2, 0.25) is 0 Å². The summed E-state index contributed by atoms with van der Waals surface area (Å²) in [4.78, 5) is 4.53. The highest BCUT2D eigenvalue weighted by Crippen LogP contribution is 2.19. The van der Waals surface area contributed by atoms with Crippen molar-refractivity contribution in [3.05, 3.63) is 0 Å². The van der Waals surface area contributed by atoms with Crippen molar-refractivity contribution in [3.8, 4) is 0 Å². The van der Waals surface area contributed by atoms with Crippen LogP contribution in [-0.4, -0.2) is 58.2 Å². The van der Waals surface area contributed by atoms with Crippen LogP contribution in [-0.2, 0) is 14.6 Å². The van der Waals surface area contributed by atoms with Crippen LogP contribution in [0.2, 0.25) is 0 Å². The van der Waals surface area contributed by atoms with E-state index < -0.39 is 9.84 Å². The number of guanidine groups is 1. The topological polar surface area (TPSA) is 79.8 Å². The van der Waals surface area contributed by atoms with Crippen molar-refractivity contribution in [3.63, 3.8) is 0 Å². The van der Waals surface area contributed by atoms with Gasteiger partial charge in [0.05, 0.1) is 25.0 Å². The molecule has 1 unspecified atom stereocenters. The first-order valence-corrected chi connectivity index (χ1v) is 11.3. The van der Waals surface area contributed by atoms with Crippen molar-refractivity contribution in [2.45, 2.75) is 70.9 Å². The third-order valence-corrected chi connectivity index (χ3v) is 5.14. The van der Waals surface area contributed by atoms with Gasteiger partial charge in [-0.2, -0.15) is 0 Å². The second-order valence-electron chi connectivity index (χ2n) is 6.71. The van der Waals surface area contributed by atoms with Crippen LogP contribution >= 0.6 is 0 Å². The molecule has 24 heavy (non-hydrogen) atoms. The predicted molar refractivity (Wildman–Crippen MR) is 100 cm³/mol. The van der Waals surface area contributed by atoms with Crippen molar-refractivity contribution < 1.29 is 13.2 Å². The Bertz CT molecular complexity index is 458. The Morgan fingerprint density at radius 1 is 1.25 bits per heavy atom. The lowest BCUT2D eigenvalue weighted by molar-refractivity contribution is 0.0487. The molecule has 1 atom stereocenters. The molecule has 1 aliphatic rings. The molecule has 1 fully saturated rings. The highest BCUT2D eigenvalue weighted by atomic mass is 32.2. The molecule has 2 N–H and O–H groups in total. The Hall–Kier alpha value is -0.820. The molecule has 0 bridgehead atoms. The van der Waals surface area contributed by atoms with Gasteiger partial charge in [-0.3, -0.25) is 4.99 Å². The Morgan fingerprint density at radius 3 is 2.50 bits per heavy atom. The van der Waals surface area contributed by atoms with E-state index in [4.69, 9.17) is 4.74 Å². The summed E-state index contributed by atoms with van der Waals surface area (Å²) in [5, 5.41) is 6.45. The maximum absolute atomic E-state index is 11.2. The zero-order valence-electron chi connectivity index (χ0n) is 15.5. The minimum Gasteiger partial charge on any atom is -0.376 e. The number of rotatable bonds is 9. The zero-order chi connectivity index (χ0) is 17.8. The highest BCUT2D eigenvalue weighted by molar-refractivity contribution is 7.90. The number of ether oxygens (including phenoxy) is 1. The SMILES string of the molecule is CCNC(=NCCOC1CCCCCC1)NC(C)CCS(C)(=O)=O. The molecule has 0 radical (unpaired) electrons. The van der Waals surface area contributed by atoms with Crippen molar-refractivity contribution in [1.82, 2.24) is 10.6 Å². The Morgan fingerprint density at radius 2 is 1.92 bits per heavy atom. The fourth-order valence-electron chi connectivity index (χ4n) is 2.80. The molecule has 0 aromatic heterocycles. The molecular formula is C17H35N3O3S. The van der Waals surface area contributed by atoms with Gasteiger partial charge in [-0.05, 0) is 33.1 Å². The van der Waals surface area contributed by atoms with E-state index in [1.165, 1.54) is 44.8 Å². The molecular weight excluding hydrogens is 326 g/mol. The summed E-state index contributed by atoms with van der Waals surface area (Å²) in [7, 11) is -2.92. The minimum absolute atomic E-state index is 0.0558. The predicted octanol–water partition coefficient (Wildman–Crippen LogP) is 2.10. The molecule has 0 saturated heterocycles. The first kappa shape index (κ1) is 21.2. The van der Waals surface area contributed by atoms with Crippen LogP contribution in [0.15, 0.2) is 4.99 Å². The first-order valence-electron chi connectivity index (χ1n) is 9.25. The van der Waals surface area contributed by atoms with E-state index >= 15 is 0 Å². The van der Waals surface area contributed by atoms with Gasteiger partial charge in [-0.1, -0.05) is 25.7 Å². The molecule has 0 amide bonds. The molecule has 1 aliphatic carbocycles. The standard InChI is InChI=1S/C17H35N3O3S/c1-4-18-17(20-15(2)11-14-24(3,21)22)19-12-13-23-16-9-7-5-6-8-10-16/h15-16H,4-14H2,1-3H3,(H2,18,19,20). The van der Waals surface area contributed by atoms with E-state index in [1.54, 1.807) is 0 Å². The molecule has 0 aromatic carbocycles. The van der Waals surface area contributed by atoms with Crippen molar-refractivity contribution in [1.29, 1.82) is 0 Å². The molecule has 1 rings (SSSR count). The van der Waals surface area contributed by atoms with Crippen LogP contribution in [0.3, 0.4) is 0 Å². The van der Waals surface area contributed by atoms with E-state index in [1.807, 2.05) is 13.8 Å². The second-order valence-corrected chi connectivity index (χ2v) is 8.97. The summed E-state index contributed by atoms with van der Waals surface area (Å²) < 4.78 is 28.4. The summed E-state index contributed by atoms with van der Waals surface area (Å²) >= 11 is 0. The van der Waals surface area contributed by atoms with E-state index in [9.17, 15) is 8.42 Å². The Kier molecular flexibility index (Phi) is 10.3. The average Bonchev–Trinajstić information content (AvgIpc) is 2.78. The van der Waals surface area contributed by atoms with E-state index in [-0.39, 0.29) is 11.8 Å². The molecule has 142 valence electrons. The molecule has 0 aromatic rings. The summed E-state index contributed by atoms with van der Waals surface area (Å²) in [6, 6.07) is 0.0558. The second kappa shape index (κ2) is 11.7. The van der Waals surface area contributed by atoms with E-state index in [2.05, 4.69) is 15.6 Å². The highest BCUT2D eigenvalue weighted by Gasteiger charge is 2.12. The van der Waals surface area contributed by atoms with Crippen LogP contribution < -0.4 is 10.6 Å². The third kappa shape index (κ3) is 10.9. The summed E-state index contributed by atoms with van der Waals surface area (Å²) in [5.74, 6) is 0.911. The van der Waals surface area contributed by atoms with Gasteiger partial charge in [0, 0.05) is 18.8 Å². The molecule has 0 heterocycles. The average molecular weight is 362 g/mol. The molecule has 1 saturated carbocycles. The van der Waals surface area contributed by atoms with Crippen LogP contribution in [0.1, 0.15) is 58.8 Å². The van der Waals surface area contributed by atoms with Crippen molar-refractivity contribution in [2.24, 2.45) is 4.99 Å². The Balaban J connectivity index is 2.32. The molecule has 0 aliphatic heterocycles. The van der Waals surface area contributed by atoms with Gasteiger partial charge < -0.3 is 15.4 Å². The number of nitrogens with one attached hydrogen (secondary N) is 2. The lowest BCUT2D eigenvalue weighted by atomic mass is 10.1. The van der Waals surface area contributed by atoms with Gasteiger partial charge >= 0.3 is 0 Å². The van der Waals surface area contributed by atoms with Crippen LogP contribution in [0.4, 0.5) is 0 Å². The van der Waals surface area contributed by atoms with Crippen LogP contribution in [0.25, 0.3) is 0 Å². The number of aliphatic imine (C=N–C) groups is 1. The van der Waals surface area contributed by atoms with Crippen LogP contribution in [0.5, 0.6) is 0 Å². The number of sulfone groups is 1. The number of nitrogens with zero attached hydrogens (tertiary/aromatic N) is 1. The van der Waals surface area contributed by atoms with Crippen LogP contribution in [0, 0.1) is 0 Å². The summed E-state index contributed by atoms with van der Waals surface area (Å²) in [6.07, 6.45) is 9.79. The fraction of sp³-hybridized carbons (Fsp3) is 0.941.